The topological polar surface area (TPSA) is 68.8 Å². The number of urea groups is 1. The highest BCUT2D eigenvalue weighted by Gasteiger charge is 2.22. The van der Waals surface area contributed by atoms with E-state index in [-0.39, 0.29) is 11.9 Å². The van der Waals surface area contributed by atoms with Crippen molar-refractivity contribution in [1.82, 2.24) is 20.1 Å². The lowest BCUT2D eigenvalue weighted by Gasteiger charge is -2.22. The maximum absolute atomic E-state index is 12.5. The second-order valence-corrected chi connectivity index (χ2v) is 7.50. The fourth-order valence-corrected chi connectivity index (χ4v) is 3.63. The van der Waals surface area contributed by atoms with E-state index in [0.29, 0.717) is 32.7 Å². The van der Waals surface area contributed by atoms with Crippen molar-refractivity contribution in [2.45, 2.75) is 13.0 Å². The molecule has 3 rings (SSSR count). The summed E-state index contributed by atoms with van der Waals surface area (Å²) >= 11 is 1.52. The molecule has 0 atom stereocenters. The Labute approximate surface area is 163 Å². The van der Waals surface area contributed by atoms with Gasteiger partial charge in [0.05, 0.1) is 5.56 Å². The molecule has 3 heterocycles. The summed E-state index contributed by atoms with van der Waals surface area (Å²) in [7, 11) is 3.87. The highest BCUT2D eigenvalue weighted by molar-refractivity contribution is 7.08. The Morgan fingerprint density at radius 1 is 1.19 bits per heavy atom. The Morgan fingerprint density at radius 3 is 2.70 bits per heavy atom. The molecule has 1 fully saturated rings. The second kappa shape index (κ2) is 8.85. The third-order valence-electron chi connectivity index (χ3n) is 4.55. The largest absolute Gasteiger partial charge is 0.363 e. The van der Waals surface area contributed by atoms with Gasteiger partial charge < -0.3 is 20.0 Å². The molecule has 2 aromatic heterocycles. The predicted octanol–water partition coefficient (Wildman–Crippen LogP) is 2.27. The number of rotatable bonds is 4. The van der Waals surface area contributed by atoms with E-state index in [1.807, 2.05) is 52.9 Å². The molecule has 0 radical (unpaired) electrons. The molecule has 1 aliphatic heterocycles. The molecular weight excluding hydrogens is 362 g/mol. The number of carbonyl (C=O) groups is 2. The first kappa shape index (κ1) is 19.2. The van der Waals surface area contributed by atoms with Gasteiger partial charge in [-0.15, -0.1) is 0 Å². The fourth-order valence-electron chi connectivity index (χ4n) is 3.00. The number of hydrogen-bond donors (Lipinski definition) is 1. The van der Waals surface area contributed by atoms with Crippen LogP contribution in [0.3, 0.4) is 0 Å². The molecule has 0 aromatic carbocycles. The summed E-state index contributed by atoms with van der Waals surface area (Å²) in [6.45, 7) is 2.88. The van der Waals surface area contributed by atoms with Gasteiger partial charge >= 0.3 is 6.03 Å². The molecule has 0 aliphatic carbocycles. The molecule has 0 unspecified atom stereocenters. The first-order chi connectivity index (χ1) is 13.0. The van der Waals surface area contributed by atoms with Gasteiger partial charge in [0, 0.05) is 58.4 Å². The van der Waals surface area contributed by atoms with Crippen molar-refractivity contribution < 1.29 is 9.59 Å². The highest BCUT2D eigenvalue weighted by atomic mass is 32.1. The smallest absolute Gasteiger partial charge is 0.317 e. The lowest BCUT2D eigenvalue weighted by atomic mass is 10.2. The van der Waals surface area contributed by atoms with Gasteiger partial charge in [-0.3, -0.25) is 4.79 Å². The van der Waals surface area contributed by atoms with Gasteiger partial charge in [0.25, 0.3) is 5.91 Å². The Morgan fingerprint density at radius 2 is 1.96 bits per heavy atom. The number of thiophene rings is 1. The Bertz CT molecular complexity index is 778. The quantitative estimate of drug-likeness (QED) is 0.874. The van der Waals surface area contributed by atoms with Gasteiger partial charge in [-0.25, -0.2) is 9.78 Å². The monoisotopic (exact) mass is 387 g/mol. The average molecular weight is 388 g/mol. The van der Waals surface area contributed by atoms with Crippen molar-refractivity contribution >= 4 is 29.1 Å². The van der Waals surface area contributed by atoms with Crippen LogP contribution in [0, 0.1) is 0 Å². The van der Waals surface area contributed by atoms with Gasteiger partial charge in [0.15, 0.2) is 0 Å². The Hall–Kier alpha value is -2.61. The second-order valence-electron chi connectivity index (χ2n) is 6.72. The van der Waals surface area contributed by atoms with E-state index in [1.54, 1.807) is 11.1 Å². The highest BCUT2D eigenvalue weighted by Crippen LogP contribution is 2.13. The zero-order chi connectivity index (χ0) is 19.2. The summed E-state index contributed by atoms with van der Waals surface area (Å²) in [4.78, 5) is 34.9. The standard InChI is InChI=1S/C19H25N5O2S/c1-22(2)17-12-15(4-6-20-17)13-21-19(26)24-8-3-7-23(9-10-24)18(25)16-5-11-27-14-16/h4-6,11-12,14H,3,7-10,13H2,1-2H3,(H,21,26). The van der Waals surface area contributed by atoms with Crippen LogP contribution in [0.25, 0.3) is 0 Å². The van der Waals surface area contributed by atoms with Crippen LogP contribution in [0.1, 0.15) is 22.3 Å². The Balaban J connectivity index is 1.52. The lowest BCUT2D eigenvalue weighted by Crippen LogP contribution is -2.42. The molecule has 1 saturated heterocycles. The van der Waals surface area contributed by atoms with Crippen LogP contribution in [0.15, 0.2) is 35.2 Å². The van der Waals surface area contributed by atoms with Crippen LogP contribution < -0.4 is 10.2 Å². The van der Waals surface area contributed by atoms with E-state index in [2.05, 4.69) is 10.3 Å². The summed E-state index contributed by atoms with van der Waals surface area (Å²) in [5.41, 5.74) is 1.73. The third kappa shape index (κ3) is 4.97. The first-order valence-corrected chi connectivity index (χ1v) is 9.95. The molecular formula is C19H25N5O2S. The minimum absolute atomic E-state index is 0.0477. The molecule has 0 saturated carbocycles. The molecule has 0 spiro atoms. The molecule has 27 heavy (non-hydrogen) atoms. The van der Waals surface area contributed by atoms with Crippen LogP contribution in [0.5, 0.6) is 0 Å². The molecule has 0 bridgehead atoms. The van der Waals surface area contributed by atoms with Crippen LogP contribution in [0.2, 0.25) is 0 Å². The fraction of sp³-hybridized carbons (Fsp3) is 0.421. The summed E-state index contributed by atoms with van der Waals surface area (Å²) in [6, 6.07) is 5.61. The average Bonchev–Trinajstić information content (AvgIpc) is 3.10. The molecule has 1 aliphatic rings. The maximum atomic E-state index is 12.5. The normalized spacial score (nSPS) is 14.6. The van der Waals surface area contributed by atoms with Crippen LogP contribution in [-0.2, 0) is 6.54 Å². The molecule has 8 heteroatoms. The lowest BCUT2D eigenvalue weighted by molar-refractivity contribution is 0.0763. The van der Waals surface area contributed by atoms with Crippen LogP contribution in [0.4, 0.5) is 10.6 Å². The van der Waals surface area contributed by atoms with E-state index in [4.69, 9.17) is 0 Å². The number of nitrogens with one attached hydrogen (secondary N) is 1. The van der Waals surface area contributed by atoms with Crippen molar-refractivity contribution in [2.75, 3.05) is 45.2 Å². The van der Waals surface area contributed by atoms with Crippen molar-refractivity contribution in [3.63, 3.8) is 0 Å². The van der Waals surface area contributed by atoms with Crippen molar-refractivity contribution in [3.8, 4) is 0 Å². The molecule has 1 N–H and O–H groups in total. The number of aromatic nitrogens is 1. The minimum Gasteiger partial charge on any atom is -0.363 e. The summed E-state index contributed by atoms with van der Waals surface area (Å²) < 4.78 is 0. The molecule has 3 amide bonds. The van der Waals surface area contributed by atoms with E-state index < -0.39 is 0 Å². The number of anilines is 1. The van der Waals surface area contributed by atoms with Gasteiger partial charge in [0.1, 0.15) is 5.82 Å². The molecule has 7 nitrogen and oxygen atoms in total. The van der Waals surface area contributed by atoms with E-state index >= 15 is 0 Å². The summed E-state index contributed by atoms with van der Waals surface area (Å²) in [5, 5.41) is 6.75. The number of carbonyl (C=O) groups excluding carboxylic acids is 2. The van der Waals surface area contributed by atoms with Crippen LogP contribution in [-0.4, -0.2) is 67.0 Å². The minimum atomic E-state index is -0.0944. The number of pyridine rings is 1. The van der Waals surface area contributed by atoms with Crippen LogP contribution >= 0.6 is 11.3 Å². The number of hydrogen-bond acceptors (Lipinski definition) is 5. The van der Waals surface area contributed by atoms with E-state index in [1.165, 1.54) is 11.3 Å². The van der Waals surface area contributed by atoms with Crippen molar-refractivity contribution in [1.29, 1.82) is 0 Å². The first-order valence-electron chi connectivity index (χ1n) is 9.01. The maximum Gasteiger partial charge on any atom is 0.317 e. The van der Waals surface area contributed by atoms with Gasteiger partial charge in [-0.1, -0.05) is 0 Å². The molecule has 2 aromatic rings. The SMILES string of the molecule is CN(C)c1cc(CNC(=O)N2CCCN(C(=O)c3ccsc3)CC2)ccn1. The van der Waals surface area contributed by atoms with Gasteiger partial charge in [-0.05, 0) is 35.6 Å². The molecule has 144 valence electrons. The van der Waals surface area contributed by atoms with E-state index in [9.17, 15) is 9.59 Å². The van der Waals surface area contributed by atoms with Crippen molar-refractivity contribution in [2.24, 2.45) is 0 Å². The predicted molar refractivity (Wildman–Crippen MR) is 107 cm³/mol. The van der Waals surface area contributed by atoms with Gasteiger partial charge in [-0.2, -0.15) is 11.3 Å². The number of nitrogens with zero attached hydrogens (tertiary/aromatic N) is 4. The zero-order valence-corrected chi connectivity index (χ0v) is 16.5. The van der Waals surface area contributed by atoms with E-state index in [0.717, 1.165) is 23.4 Å². The summed E-state index contributed by atoms with van der Waals surface area (Å²) in [6.07, 6.45) is 2.53. The summed E-state index contributed by atoms with van der Waals surface area (Å²) in [5.74, 6) is 0.908. The Kier molecular flexibility index (Phi) is 6.28. The third-order valence-corrected chi connectivity index (χ3v) is 5.23. The van der Waals surface area contributed by atoms with Crippen molar-refractivity contribution in [3.05, 3.63) is 46.3 Å². The number of amides is 3. The zero-order valence-electron chi connectivity index (χ0n) is 15.7. The van der Waals surface area contributed by atoms with Gasteiger partial charge in [0.2, 0.25) is 0 Å².